The Morgan fingerprint density at radius 1 is 0.392 bits per heavy atom. The molecule has 0 aliphatic carbocycles. The van der Waals surface area contributed by atoms with E-state index in [0.717, 1.165) is 38.5 Å². The summed E-state index contributed by atoms with van der Waals surface area (Å²) in [5.41, 5.74) is 0. The summed E-state index contributed by atoms with van der Waals surface area (Å²) >= 11 is 9.47. The van der Waals surface area contributed by atoms with E-state index in [2.05, 4.69) is 41.5 Å². The molecule has 0 N–H and O–H groups in total. The van der Waals surface area contributed by atoms with Gasteiger partial charge in [0.1, 0.15) is 0 Å². The predicted molar refractivity (Wildman–Crippen MR) is 233 cm³/mol. The zero-order chi connectivity index (χ0) is 38.0. The van der Waals surface area contributed by atoms with E-state index in [9.17, 15) is 9.59 Å². The second-order valence-electron chi connectivity index (χ2n) is 13.5. The maximum absolute atomic E-state index is 11.2. The minimum Gasteiger partial charge on any atom is -0.789 e. The SMILES string of the molecule is CCCCCCCCCCCCCCCC(=O)OCC[S-].CCCCCCCCCCCCCCCC(=O)OCC[S-].[CH2]CCC.[CH2]CCC.[Sn+2]. The maximum Gasteiger partial charge on any atom is 2.00 e. The minimum absolute atomic E-state index is 0. The topological polar surface area (TPSA) is 52.6 Å². The van der Waals surface area contributed by atoms with E-state index in [1.165, 1.54) is 154 Å². The van der Waals surface area contributed by atoms with E-state index in [0.29, 0.717) is 37.6 Å². The van der Waals surface area contributed by atoms with Crippen molar-refractivity contribution < 1.29 is 19.1 Å². The Hall–Kier alpha value is 0.439. The van der Waals surface area contributed by atoms with Gasteiger partial charge in [0.25, 0.3) is 0 Å². The molecule has 4 radical (unpaired) electrons. The van der Waals surface area contributed by atoms with Crippen molar-refractivity contribution in [3.63, 3.8) is 0 Å². The van der Waals surface area contributed by atoms with Gasteiger partial charge in [-0.05, 0) is 12.8 Å². The minimum atomic E-state index is -0.0806. The van der Waals surface area contributed by atoms with Crippen LogP contribution < -0.4 is 0 Å². The number of ether oxygens (including phenoxy) is 2. The number of unbranched alkanes of at least 4 members (excludes halogenated alkanes) is 26. The van der Waals surface area contributed by atoms with Crippen molar-refractivity contribution in [2.45, 2.75) is 233 Å². The second kappa shape index (κ2) is 62.4. The van der Waals surface area contributed by atoms with Crippen LogP contribution in [0, 0.1) is 13.8 Å². The summed E-state index contributed by atoms with van der Waals surface area (Å²) in [7, 11) is 0. The molecule has 7 heteroatoms. The number of carbonyl (C=O) groups excluding carboxylic acids is 2. The first kappa shape index (κ1) is 60.7. The van der Waals surface area contributed by atoms with Crippen LogP contribution >= 0.6 is 0 Å². The summed E-state index contributed by atoms with van der Waals surface area (Å²) in [5.74, 6) is 0.847. The molecule has 0 spiro atoms. The number of carbonyl (C=O) groups is 2. The first-order chi connectivity index (χ1) is 24.4. The van der Waals surface area contributed by atoms with Gasteiger partial charge in [0.2, 0.25) is 0 Å². The quantitative estimate of drug-likeness (QED) is 0.0278. The van der Waals surface area contributed by atoms with Crippen LogP contribution in [0.25, 0.3) is 0 Å². The van der Waals surface area contributed by atoms with Gasteiger partial charge in [0.15, 0.2) is 0 Å². The second-order valence-corrected chi connectivity index (χ2v) is 14.4. The Morgan fingerprint density at radius 2 is 0.588 bits per heavy atom. The molecule has 304 valence electrons. The third-order valence-electron chi connectivity index (χ3n) is 8.37. The van der Waals surface area contributed by atoms with Gasteiger partial charge in [-0.1, -0.05) is 221 Å². The third kappa shape index (κ3) is 72.4. The average molecular weight is 864 g/mol. The Balaban J connectivity index is -0.000000224. The molecule has 0 aliphatic heterocycles. The molecule has 0 amide bonds. The number of hydrogen-bond donors (Lipinski definition) is 0. The normalized spacial score (nSPS) is 10.0. The van der Waals surface area contributed by atoms with Crippen molar-refractivity contribution in [2.24, 2.45) is 0 Å². The summed E-state index contributed by atoms with van der Waals surface area (Å²) in [4.78, 5) is 22.5. The van der Waals surface area contributed by atoms with Gasteiger partial charge >= 0.3 is 35.8 Å². The van der Waals surface area contributed by atoms with Crippen molar-refractivity contribution in [3.8, 4) is 0 Å². The number of rotatable bonds is 34. The maximum atomic E-state index is 11.2. The molecule has 0 atom stereocenters. The number of esters is 2. The van der Waals surface area contributed by atoms with Crippen LogP contribution in [0.4, 0.5) is 0 Å². The molecule has 0 aliphatic rings. The van der Waals surface area contributed by atoms with Gasteiger partial charge in [-0.15, -0.1) is 11.5 Å². The molecule has 0 rings (SSSR count). The average Bonchev–Trinajstić information content (AvgIpc) is 3.14. The fraction of sp³-hybridized carbons (Fsp3) is 0.909. The summed E-state index contributed by atoms with van der Waals surface area (Å²) in [6.45, 7) is 16.8. The molecule has 0 bridgehead atoms. The van der Waals surface area contributed by atoms with Crippen LogP contribution in [0.5, 0.6) is 0 Å². The summed E-state index contributed by atoms with van der Waals surface area (Å²) in [6, 6.07) is 0. The fourth-order valence-corrected chi connectivity index (χ4v) is 5.20. The van der Waals surface area contributed by atoms with E-state index < -0.39 is 0 Å². The molecule has 4 nitrogen and oxygen atoms in total. The van der Waals surface area contributed by atoms with Gasteiger partial charge in [0.05, 0.1) is 13.2 Å². The van der Waals surface area contributed by atoms with Crippen LogP contribution in [0.2, 0.25) is 0 Å². The molecular formula is C44H88O4S2Sn. The Bertz CT molecular complexity index is 541. The van der Waals surface area contributed by atoms with Gasteiger partial charge < -0.3 is 34.7 Å². The Morgan fingerprint density at radius 3 is 0.765 bits per heavy atom. The van der Waals surface area contributed by atoms with E-state index in [4.69, 9.17) is 34.7 Å². The van der Waals surface area contributed by atoms with E-state index in [1.54, 1.807) is 0 Å². The zero-order valence-corrected chi connectivity index (χ0v) is 39.3. The van der Waals surface area contributed by atoms with Crippen LogP contribution in [-0.2, 0) is 44.3 Å². The van der Waals surface area contributed by atoms with Crippen molar-refractivity contribution in [2.75, 3.05) is 24.7 Å². The third-order valence-corrected chi connectivity index (χ3v) is 8.70. The van der Waals surface area contributed by atoms with E-state index >= 15 is 0 Å². The van der Waals surface area contributed by atoms with Crippen molar-refractivity contribution >= 4 is 61.1 Å². The Kier molecular flexibility index (Phi) is 74.3. The fourth-order valence-electron chi connectivity index (χ4n) is 5.03. The van der Waals surface area contributed by atoms with Gasteiger partial charge in [-0.3, -0.25) is 9.59 Å². The molecule has 0 aromatic heterocycles. The first-order valence-corrected chi connectivity index (χ1v) is 22.7. The molecular weight excluding hydrogens is 775 g/mol. The smallest absolute Gasteiger partial charge is 0.789 e. The van der Waals surface area contributed by atoms with E-state index in [1.807, 2.05) is 0 Å². The molecule has 0 saturated heterocycles. The van der Waals surface area contributed by atoms with Crippen molar-refractivity contribution in [1.82, 2.24) is 0 Å². The molecule has 0 aromatic rings. The van der Waals surface area contributed by atoms with Crippen LogP contribution in [-0.4, -0.2) is 60.6 Å². The molecule has 0 unspecified atom stereocenters. The van der Waals surface area contributed by atoms with Gasteiger partial charge in [0, 0.05) is 12.8 Å². The van der Waals surface area contributed by atoms with Gasteiger partial charge in [-0.2, -0.15) is 0 Å². The van der Waals surface area contributed by atoms with E-state index in [-0.39, 0.29) is 35.8 Å². The molecule has 0 aromatic carbocycles. The summed E-state index contributed by atoms with van der Waals surface area (Å²) in [5, 5.41) is 0. The van der Waals surface area contributed by atoms with Crippen LogP contribution in [0.1, 0.15) is 233 Å². The molecule has 0 fully saturated rings. The van der Waals surface area contributed by atoms with Crippen molar-refractivity contribution in [1.29, 1.82) is 0 Å². The largest absolute Gasteiger partial charge is 2.00 e. The van der Waals surface area contributed by atoms with Crippen LogP contribution in [0.15, 0.2) is 0 Å². The van der Waals surface area contributed by atoms with Crippen LogP contribution in [0.3, 0.4) is 0 Å². The summed E-state index contributed by atoms with van der Waals surface area (Å²) in [6.07, 6.45) is 40.2. The molecule has 51 heavy (non-hydrogen) atoms. The predicted octanol–water partition coefficient (Wildman–Crippen LogP) is 14.0. The Labute approximate surface area is 349 Å². The molecule has 0 heterocycles. The first-order valence-electron chi connectivity index (χ1n) is 21.5. The standard InChI is InChI=1S/2C18H36O2S.2C4H9.Sn/c2*1-2-3-4-5-6-7-8-9-10-11-12-13-14-15-18(19)20-16-17-21;2*1-3-4-2;/h2*21H,2-17H2,1H3;2*1,3-4H2,2H3;/q;;;;+2/p-2. The monoisotopic (exact) mass is 865 g/mol. The zero-order valence-electron chi connectivity index (χ0n) is 34.8. The van der Waals surface area contributed by atoms with Gasteiger partial charge in [-0.25, -0.2) is 0 Å². The summed E-state index contributed by atoms with van der Waals surface area (Å²) < 4.78 is 9.91. The number of hydrogen-bond acceptors (Lipinski definition) is 6. The molecule has 0 saturated carbocycles. The van der Waals surface area contributed by atoms with Crippen molar-refractivity contribution in [3.05, 3.63) is 13.8 Å².